The van der Waals surface area contributed by atoms with Gasteiger partial charge in [0, 0.05) is 15.6 Å². The van der Waals surface area contributed by atoms with Crippen LogP contribution in [-0.4, -0.2) is 15.4 Å². The molecule has 28 heavy (non-hydrogen) atoms. The Morgan fingerprint density at radius 1 is 0.893 bits per heavy atom. The summed E-state index contributed by atoms with van der Waals surface area (Å²) in [7, 11) is 0. The second-order valence-corrected chi connectivity index (χ2v) is 9.41. The summed E-state index contributed by atoms with van der Waals surface area (Å²) in [6, 6.07) is 19.5. The van der Waals surface area contributed by atoms with Crippen LogP contribution < -0.4 is 0 Å². The average molecular weight is 384 g/mol. The summed E-state index contributed by atoms with van der Waals surface area (Å²) in [5.74, 6) is 0. The molecule has 0 N–H and O–H groups in total. The molecule has 5 aromatic rings. The predicted molar refractivity (Wildman–Crippen MR) is 119 cm³/mol. The van der Waals surface area contributed by atoms with Gasteiger partial charge in [0.15, 0.2) is 0 Å². The van der Waals surface area contributed by atoms with Gasteiger partial charge in [-0.05, 0) is 57.7 Å². The summed E-state index contributed by atoms with van der Waals surface area (Å²) >= 11 is 1.75. The Hall–Kier alpha value is -2.85. The molecule has 0 atom stereocenters. The van der Waals surface area contributed by atoms with Gasteiger partial charge < -0.3 is 0 Å². The van der Waals surface area contributed by atoms with Crippen LogP contribution in [0.2, 0.25) is 0 Å². The Labute approximate surface area is 168 Å². The van der Waals surface area contributed by atoms with E-state index in [2.05, 4.69) is 97.7 Å². The van der Waals surface area contributed by atoms with Gasteiger partial charge in [0.2, 0.25) is 0 Å². The number of rotatable bonds is 1. The summed E-state index contributed by atoms with van der Waals surface area (Å²) in [5.41, 5.74) is 5.56. The van der Waals surface area contributed by atoms with E-state index in [0.29, 0.717) is 0 Å². The lowest BCUT2D eigenvalue weighted by atomic mass is 9.82. The van der Waals surface area contributed by atoms with Crippen LogP contribution in [0.3, 0.4) is 0 Å². The number of benzene rings is 3. The fraction of sp³-hybridized carbons (Fsp3) is 0.208. The molecule has 0 spiro atoms. The Bertz CT molecular complexity index is 1360. The van der Waals surface area contributed by atoms with E-state index in [1.807, 2.05) is 0 Å². The SMILES string of the molecule is Cc1cccc2sc3c(-c4cc(C(C)(C)C)c5ccccc5c4)nnnc3c12. The quantitative estimate of drug-likeness (QED) is 0.325. The van der Waals surface area contributed by atoms with Crippen molar-refractivity contribution in [1.82, 2.24) is 15.4 Å². The second-order valence-electron chi connectivity index (χ2n) is 8.36. The van der Waals surface area contributed by atoms with Crippen molar-refractivity contribution in [3.05, 3.63) is 65.7 Å². The number of hydrogen-bond donors (Lipinski definition) is 0. The van der Waals surface area contributed by atoms with Gasteiger partial charge in [0.1, 0.15) is 11.2 Å². The predicted octanol–water partition coefficient (Wildman–Crippen LogP) is 6.67. The van der Waals surface area contributed by atoms with Gasteiger partial charge in [0.25, 0.3) is 0 Å². The molecule has 0 saturated heterocycles. The van der Waals surface area contributed by atoms with E-state index in [1.165, 1.54) is 32.0 Å². The topological polar surface area (TPSA) is 38.7 Å². The molecule has 0 bridgehead atoms. The minimum Gasteiger partial charge on any atom is -0.131 e. The summed E-state index contributed by atoms with van der Waals surface area (Å²) in [6.07, 6.45) is 0. The maximum Gasteiger partial charge on any atom is 0.116 e. The zero-order valence-corrected chi connectivity index (χ0v) is 17.3. The van der Waals surface area contributed by atoms with Crippen molar-refractivity contribution in [2.45, 2.75) is 33.1 Å². The van der Waals surface area contributed by atoms with Crippen LogP contribution in [0, 0.1) is 6.92 Å². The molecule has 3 nitrogen and oxygen atoms in total. The van der Waals surface area contributed by atoms with Gasteiger partial charge in [0.05, 0.1) is 4.70 Å². The largest absolute Gasteiger partial charge is 0.131 e. The number of fused-ring (bicyclic) bond motifs is 4. The molecule has 3 aromatic carbocycles. The molecule has 4 heteroatoms. The number of hydrogen-bond acceptors (Lipinski definition) is 4. The third kappa shape index (κ3) is 2.60. The van der Waals surface area contributed by atoms with E-state index in [-0.39, 0.29) is 5.41 Å². The van der Waals surface area contributed by atoms with Crippen LogP contribution in [0.15, 0.2) is 54.6 Å². The molecule has 2 aromatic heterocycles. The maximum absolute atomic E-state index is 4.48. The molecule has 0 unspecified atom stereocenters. The van der Waals surface area contributed by atoms with E-state index in [4.69, 9.17) is 0 Å². The Morgan fingerprint density at radius 3 is 2.54 bits per heavy atom. The summed E-state index contributed by atoms with van der Waals surface area (Å²) < 4.78 is 2.34. The van der Waals surface area contributed by atoms with Crippen molar-refractivity contribution >= 4 is 42.4 Å². The normalized spacial score (nSPS) is 12.3. The fourth-order valence-corrected chi connectivity index (χ4v) is 5.19. The van der Waals surface area contributed by atoms with Gasteiger partial charge in [-0.25, -0.2) is 0 Å². The number of nitrogens with zero attached hydrogens (tertiary/aromatic N) is 3. The Morgan fingerprint density at radius 2 is 1.71 bits per heavy atom. The molecule has 0 aliphatic carbocycles. The second kappa shape index (κ2) is 6.08. The first-order valence-electron chi connectivity index (χ1n) is 9.48. The Kier molecular flexibility index (Phi) is 3.75. The smallest absolute Gasteiger partial charge is 0.116 e. The lowest BCUT2D eigenvalue weighted by Crippen LogP contribution is -2.12. The number of aromatic nitrogens is 3. The zero-order chi connectivity index (χ0) is 19.5. The molecular formula is C24H21N3S. The highest BCUT2D eigenvalue weighted by atomic mass is 32.1. The standard InChI is InChI=1S/C24H21N3S/c1-14-8-7-11-19-20(14)22-23(28-19)21(25-27-26-22)16-12-15-9-5-6-10-17(15)18(13-16)24(2,3)4/h5-13H,1-4H3. The molecule has 0 fully saturated rings. The third-order valence-corrected chi connectivity index (χ3v) is 6.50. The molecular weight excluding hydrogens is 362 g/mol. The van der Waals surface area contributed by atoms with Crippen molar-refractivity contribution in [2.75, 3.05) is 0 Å². The van der Waals surface area contributed by atoms with Crippen molar-refractivity contribution < 1.29 is 0 Å². The molecule has 0 amide bonds. The van der Waals surface area contributed by atoms with Crippen LogP contribution >= 0.6 is 11.3 Å². The zero-order valence-electron chi connectivity index (χ0n) is 16.4. The van der Waals surface area contributed by atoms with Gasteiger partial charge in [-0.15, -0.1) is 21.5 Å². The van der Waals surface area contributed by atoms with Crippen molar-refractivity contribution in [3.63, 3.8) is 0 Å². The van der Waals surface area contributed by atoms with Crippen molar-refractivity contribution in [3.8, 4) is 11.3 Å². The minimum absolute atomic E-state index is 0.0337. The van der Waals surface area contributed by atoms with Crippen molar-refractivity contribution in [1.29, 1.82) is 0 Å². The van der Waals surface area contributed by atoms with Gasteiger partial charge in [-0.3, -0.25) is 0 Å². The van der Waals surface area contributed by atoms with Crippen LogP contribution in [0.4, 0.5) is 0 Å². The minimum atomic E-state index is 0.0337. The van der Waals surface area contributed by atoms with Crippen LogP contribution in [0.5, 0.6) is 0 Å². The molecule has 5 rings (SSSR count). The lowest BCUT2D eigenvalue weighted by molar-refractivity contribution is 0.596. The van der Waals surface area contributed by atoms with E-state index in [1.54, 1.807) is 11.3 Å². The first-order chi connectivity index (χ1) is 13.4. The van der Waals surface area contributed by atoms with Crippen LogP contribution in [0.25, 0.3) is 42.3 Å². The van der Waals surface area contributed by atoms with Crippen molar-refractivity contribution in [2.24, 2.45) is 0 Å². The third-order valence-electron chi connectivity index (χ3n) is 5.35. The van der Waals surface area contributed by atoms with Crippen LogP contribution in [0.1, 0.15) is 31.9 Å². The highest BCUT2D eigenvalue weighted by Gasteiger charge is 2.21. The Balaban J connectivity index is 1.87. The van der Waals surface area contributed by atoms with Gasteiger partial charge in [-0.2, -0.15) is 0 Å². The van der Waals surface area contributed by atoms with E-state index in [0.717, 1.165) is 21.5 Å². The number of thiophene rings is 1. The van der Waals surface area contributed by atoms with E-state index < -0.39 is 0 Å². The monoisotopic (exact) mass is 383 g/mol. The van der Waals surface area contributed by atoms with Gasteiger partial charge in [-0.1, -0.05) is 57.2 Å². The first-order valence-corrected chi connectivity index (χ1v) is 10.3. The fourth-order valence-electron chi connectivity index (χ4n) is 3.97. The highest BCUT2D eigenvalue weighted by Crippen LogP contribution is 2.40. The molecule has 138 valence electrons. The molecule has 0 aliphatic heterocycles. The maximum atomic E-state index is 4.48. The summed E-state index contributed by atoms with van der Waals surface area (Å²) in [4.78, 5) is 0. The van der Waals surface area contributed by atoms with E-state index >= 15 is 0 Å². The lowest BCUT2D eigenvalue weighted by Gasteiger charge is -2.22. The number of aryl methyl sites for hydroxylation is 1. The van der Waals surface area contributed by atoms with Gasteiger partial charge >= 0.3 is 0 Å². The average Bonchev–Trinajstić information content (AvgIpc) is 3.06. The molecule has 2 heterocycles. The summed E-state index contributed by atoms with van der Waals surface area (Å²) in [6.45, 7) is 8.91. The molecule has 0 saturated carbocycles. The summed E-state index contributed by atoms with van der Waals surface area (Å²) in [5, 5.41) is 16.7. The molecule has 0 radical (unpaired) electrons. The molecule has 0 aliphatic rings. The van der Waals surface area contributed by atoms with Crippen LogP contribution in [-0.2, 0) is 5.41 Å². The first kappa shape index (κ1) is 17.3. The highest BCUT2D eigenvalue weighted by molar-refractivity contribution is 7.26. The van der Waals surface area contributed by atoms with E-state index in [9.17, 15) is 0 Å².